The number of piperidine rings is 1. The zero-order valence-electron chi connectivity index (χ0n) is 17.4. The van der Waals surface area contributed by atoms with Crippen molar-refractivity contribution in [1.29, 1.82) is 0 Å². The highest BCUT2D eigenvalue weighted by Crippen LogP contribution is 2.30. The molecule has 0 bridgehead atoms. The van der Waals surface area contributed by atoms with Crippen LogP contribution in [0.4, 0.5) is 0 Å². The van der Waals surface area contributed by atoms with Gasteiger partial charge >= 0.3 is 0 Å². The molecule has 2 N–H and O–H groups in total. The average Bonchev–Trinajstić information content (AvgIpc) is 3.33. The minimum Gasteiger partial charge on any atom is -0.338 e. The molecule has 0 spiro atoms. The second-order valence-corrected chi connectivity index (χ2v) is 9.46. The molecule has 1 atom stereocenters. The quantitative estimate of drug-likeness (QED) is 0.742. The molecule has 0 saturated carbocycles. The minimum atomic E-state index is -0.331. The summed E-state index contributed by atoms with van der Waals surface area (Å²) >= 11 is 1.51. The van der Waals surface area contributed by atoms with Gasteiger partial charge in [-0.1, -0.05) is 17.2 Å². The molecule has 2 heterocycles. The first-order valence-electron chi connectivity index (χ1n) is 10.5. The summed E-state index contributed by atoms with van der Waals surface area (Å²) in [6.45, 7) is 4.95. The van der Waals surface area contributed by atoms with E-state index >= 15 is 0 Å². The number of rotatable bonds is 3. The normalized spacial score (nSPS) is 18.1. The lowest BCUT2D eigenvalue weighted by Crippen LogP contribution is -2.50. The van der Waals surface area contributed by atoms with Crippen LogP contribution >= 0.6 is 11.3 Å². The van der Waals surface area contributed by atoms with E-state index in [0.29, 0.717) is 30.0 Å². The number of hydrazine groups is 1. The van der Waals surface area contributed by atoms with Gasteiger partial charge in [0.05, 0.1) is 10.8 Å². The number of benzene rings is 1. The van der Waals surface area contributed by atoms with Gasteiger partial charge in [-0.25, -0.2) is 0 Å². The molecule has 1 aromatic heterocycles. The van der Waals surface area contributed by atoms with Gasteiger partial charge in [-0.05, 0) is 69.7 Å². The maximum absolute atomic E-state index is 12.9. The van der Waals surface area contributed by atoms with Crippen molar-refractivity contribution in [2.45, 2.75) is 46.0 Å². The number of likely N-dealkylation sites (tertiary alicyclic amines) is 1. The van der Waals surface area contributed by atoms with Crippen LogP contribution < -0.4 is 10.9 Å². The van der Waals surface area contributed by atoms with Gasteiger partial charge in [-0.2, -0.15) is 0 Å². The SMILES string of the molecule is Cc1cc(C)cc(C(=O)N2CCC[C@H](C(=O)NNC(=O)c3cc4c(s3)CCC4)C2)c1. The van der Waals surface area contributed by atoms with Gasteiger partial charge in [0, 0.05) is 23.5 Å². The Kier molecular flexibility index (Phi) is 5.90. The van der Waals surface area contributed by atoms with Crippen molar-refractivity contribution in [2.24, 2.45) is 5.92 Å². The first-order valence-corrected chi connectivity index (χ1v) is 11.3. The van der Waals surface area contributed by atoms with Crippen molar-refractivity contribution in [3.05, 3.63) is 56.3 Å². The van der Waals surface area contributed by atoms with E-state index in [1.54, 1.807) is 4.90 Å². The molecule has 158 valence electrons. The summed E-state index contributed by atoms with van der Waals surface area (Å²) < 4.78 is 0. The van der Waals surface area contributed by atoms with Crippen molar-refractivity contribution in [1.82, 2.24) is 15.8 Å². The van der Waals surface area contributed by atoms with Crippen molar-refractivity contribution >= 4 is 29.1 Å². The number of amides is 3. The number of nitrogens with zero attached hydrogens (tertiary/aromatic N) is 1. The first-order chi connectivity index (χ1) is 14.4. The summed E-state index contributed by atoms with van der Waals surface area (Å²) in [6, 6.07) is 7.74. The van der Waals surface area contributed by atoms with E-state index in [4.69, 9.17) is 0 Å². The molecule has 1 saturated heterocycles. The number of carbonyl (C=O) groups is 3. The molecule has 3 amide bonds. The highest BCUT2D eigenvalue weighted by Gasteiger charge is 2.29. The predicted molar refractivity (Wildman–Crippen MR) is 116 cm³/mol. The lowest BCUT2D eigenvalue weighted by molar-refractivity contribution is -0.127. The molecule has 1 aromatic carbocycles. The van der Waals surface area contributed by atoms with Gasteiger partial charge in [0.1, 0.15) is 0 Å². The van der Waals surface area contributed by atoms with Gasteiger partial charge < -0.3 is 4.90 Å². The van der Waals surface area contributed by atoms with Gasteiger partial charge in [0.2, 0.25) is 5.91 Å². The van der Waals surface area contributed by atoms with Crippen molar-refractivity contribution in [2.75, 3.05) is 13.1 Å². The number of carbonyl (C=O) groups excluding carboxylic acids is 3. The molecule has 2 aliphatic rings. The molecular weight excluding hydrogens is 398 g/mol. The second-order valence-electron chi connectivity index (χ2n) is 8.32. The lowest BCUT2D eigenvalue weighted by atomic mass is 9.96. The second kappa shape index (κ2) is 8.60. The van der Waals surface area contributed by atoms with Crippen LogP contribution in [0.3, 0.4) is 0 Å². The maximum atomic E-state index is 12.9. The summed E-state index contributed by atoms with van der Waals surface area (Å²) in [5, 5.41) is 0. The molecule has 6 nitrogen and oxygen atoms in total. The Hall–Kier alpha value is -2.67. The summed E-state index contributed by atoms with van der Waals surface area (Å²) in [7, 11) is 0. The summed E-state index contributed by atoms with van der Waals surface area (Å²) in [5.41, 5.74) is 9.12. The molecule has 7 heteroatoms. The van der Waals surface area contributed by atoms with Crippen LogP contribution in [0.15, 0.2) is 24.3 Å². The summed E-state index contributed by atoms with van der Waals surface area (Å²) in [5.74, 6) is -0.897. The van der Waals surface area contributed by atoms with Crippen LogP contribution in [0.1, 0.15) is 60.9 Å². The minimum absolute atomic E-state index is 0.0450. The van der Waals surface area contributed by atoms with Crippen LogP contribution in [-0.4, -0.2) is 35.7 Å². The highest BCUT2D eigenvalue weighted by atomic mass is 32.1. The monoisotopic (exact) mass is 425 g/mol. The lowest BCUT2D eigenvalue weighted by Gasteiger charge is -2.32. The zero-order valence-corrected chi connectivity index (χ0v) is 18.2. The Labute approximate surface area is 180 Å². The Balaban J connectivity index is 1.33. The molecule has 4 rings (SSSR count). The van der Waals surface area contributed by atoms with E-state index < -0.39 is 0 Å². The molecule has 1 fully saturated rings. The van der Waals surface area contributed by atoms with Gasteiger partial charge in [0.25, 0.3) is 11.8 Å². The fourth-order valence-electron chi connectivity index (χ4n) is 4.38. The van der Waals surface area contributed by atoms with E-state index in [0.717, 1.165) is 36.8 Å². The van der Waals surface area contributed by atoms with Gasteiger partial charge in [-0.3, -0.25) is 25.2 Å². The highest BCUT2D eigenvalue weighted by molar-refractivity contribution is 7.14. The van der Waals surface area contributed by atoms with Gasteiger partial charge in [0.15, 0.2) is 0 Å². The topological polar surface area (TPSA) is 78.5 Å². The third-order valence-electron chi connectivity index (χ3n) is 5.82. The fraction of sp³-hybridized carbons (Fsp3) is 0.435. The summed E-state index contributed by atoms with van der Waals surface area (Å²) in [4.78, 5) is 41.6. The van der Waals surface area contributed by atoms with Crippen molar-refractivity contribution < 1.29 is 14.4 Å². The van der Waals surface area contributed by atoms with Gasteiger partial charge in [-0.15, -0.1) is 11.3 Å². The Morgan fingerprint density at radius 1 is 1.00 bits per heavy atom. The summed E-state index contributed by atoms with van der Waals surface area (Å²) in [6.07, 6.45) is 4.68. The smallest absolute Gasteiger partial charge is 0.279 e. The Bertz CT molecular complexity index is 956. The standard InChI is InChI=1S/C23H27N3O3S/c1-14-9-15(2)11-18(10-14)23(29)26-8-4-6-17(13-26)21(27)24-25-22(28)20-12-16-5-3-7-19(16)30-20/h9-12,17H,3-8,13H2,1-2H3,(H,24,27)(H,25,28)/t17-/m0/s1. The molecule has 1 aliphatic carbocycles. The number of aryl methyl sites for hydroxylation is 4. The molecule has 30 heavy (non-hydrogen) atoms. The molecular formula is C23H27N3O3S. The molecule has 0 unspecified atom stereocenters. The van der Waals surface area contributed by atoms with Crippen LogP contribution in [0.25, 0.3) is 0 Å². The number of hydrogen-bond donors (Lipinski definition) is 2. The van der Waals surface area contributed by atoms with Crippen LogP contribution in [0.2, 0.25) is 0 Å². The number of nitrogens with one attached hydrogen (secondary N) is 2. The average molecular weight is 426 g/mol. The Morgan fingerprint density at radius 3 is 2.50 bits per heavy atom. The van der Waals surface area contributed by atoms with Crippen LogP contribution in [-0.2, 0) is 17.6 Å². The van der Waals surface area contributed by atoms with Crippen molar-refractivity contribution in [3.8, 4) is 0 Å². The van der Waals surface area contributed by atoms with E-state index in [-0.39, 0.29) is 23.6 Å². The first kappa shape index (κ1) is 20.6. The van der Waals surface area contributed by atoms with Crippen LogP contribution in [0.5, 0.6) is 0 Å². The predicted octanol–water partition coefficient (Wildman–Crippen LogP) is 3.17. The van der Waals surface area contributed by atoms with E-state index in [1.165, 1.54) is 21.8 Å². The Morgan fingerprint density at radius 2 is 1.77 bits per heavy atom. The number of thiophene rings is 1. The molecule has 0 radical (unpaired) electrons. The van der Waals surface area contributed by atoms with E-state index in [2.05, 4.69) is 10.9 Å². The third kappa shape index (κ3) is 4.41. The maximum Gasteiger partial charge on any atom is 0.279 e. The largest absolute Gasteiger partial charge is 0.338 e. The zero-order chi connectivity index (χ0) is 21.3. The number of hydrogen-bond acceptors (Lipinski definition) is 4. The van der Waals surface area contributed by atoms with Crippen molar-refractivity contribution in [3.63, 3.8) is 0 Å². The molecule has 1 aliphatic heterocycles. The molecule has 2 aromatic rings. The number of fused-ring (bicyclic) bond motifs is 1. The van der Waals surface area contributed by atoms with Crippen LogP contribution in [0, 0.1) is 19.8 Å². The van der Waals surface area contributed by atoms with E-state index in [1.807, 2.05) is 38.1 Å². The fourth-order valence-corrected chi connectivity index (χ4v) is 5.53. The van der Waals surface area contributed by atoms with E-state index in [9.17, 15) is 14.4 Å². The third-order valence-corrected chi connectivity index (χ3v) is 7.05.